The van der Waals surface area contributed by atoms with Gasteiger partial charge in [-0.3, -0.25) is 0 Å². The van der Waals surface area contributed by atoms with Gasteiger partial charge in [0, 0.05) is 13.1 Å². The lowest BCUT2D eigenvalue weighted by molar-refractivity contribution is 0.265. The first-order valence-electron chi connectivity index (χ1n) is 5.15. The molecule has 12 heavy (non-hydrogen) atoms. The van der Waals surface area contributed by atoms with Crippen LogP contribution in [0.15, 0.2) is 0 Å². The summed E-state index contributed by atoms with van der Waals surface area (Å²) < 4.78 is 2.50. The predicted molar refractivity (Wildman–Crippen MR) is 59.6 cm³/mol. The first kappa shape index (κ1) is 12.1. The van der Waals surface area contributed by atoms with Crippen LogP contribution in [0.5, 0.6) is 0 Å². The monoisotopic (exact) mass is 188 g/mol. The fourth-order valence-corrected chi connectivity index (χ4v) is 1.41. The van der Waals surface area contributed by atoms with Gasteiger partial charge in [0.2, 0.25) is 0 Å². The van der Waals surface area contributed by atoms with Crippen molar-refractivity contribution >= 4 is 10.4 Å². The van der Waals surface area contributed by atoms with Gasteiger partial charge in [-0.05, 0) is 26.1 Å². The van der Waals surface area contributed by atoms with Gasteiger partial charge in [-0.15, -0.1) is 0 Å². The minimum Gasteiger partial charge on any atom is -0.331 e. The second kappa shape index (κ2) is 7.77. The highest BCUT2D eigenvalue weighted by atomic mass is 28.2. The third-order valence-corrected chi connectivity index (χ3v) is 3.40. The van der Waals surface area contributed by atoms with E-state index in [1.54, 1.807) is 0 Å². The molecule has 0 saturated carbocycles. The number of likely N-dealkylation sites (N-methyl/N-ethyl adjacent to an activating group) is 2. The maximum atomic E-state index is 2.53. The zero-order valence-electron chi connectivity index (χ0n) is 9.14. The molecule has 0 N–H and O–H groups in total. The lowest BCUT2D eigenvalue weighted by Gasteiger charge is -2.23. The fourth-order valence-electron chi connectivity index (χ4n) is 1.21. The topological polar surface area (TPSA) is 6.48 Å². The molecule has 0 heterocycles. The summed E-state index contributed by atoms with van der Waals surface area (Å²) in [6, 6.07) is 0. The average molecular weight is 188 g/mol. The second-order valence-electron chi connectivity index (χ2n) is 3.33. The Bertz CT molecular complexity index is 98.5. The molecule has 2 nitrogen and oxygen atoms in total. The van der Waals surface area contributed by atoms with Crippen LogP contribution in [0.25, 0.3) is 0 Å². The van der Waals surface area contributed by atoms with E-state index in [0.29, 0.717) is 0 Å². The van der Waals surface area contributed by atoms with Crippen molar-refractivity contribution < 1.29 is 0 Å². The van der Waals surface area contributed by atoms with Gasteiger partial charge in [0.05, 0.1) is 10.4 Å². The minimum absolute atomic E-state index is 1.20. The molecule has 0 aliphatic heterocycles. The zero-order chi connectivity index (χ0) is 9.40. The van der Waals surface area contributed by atoms with Gasteiger partial charge in [0.25, 0.3) is 0 Å². The average Bonchev–Trinajstić information content (AvgIpc) is 2.11. The number of rotatable bonds is 7. The molecule has 0 aromatic heterocycles. The number of hydrogen-bond donors (Lipinski definition) is 0. The molecule has 0 aromatic rings. The molecule has 74 valence electrons. The molecule has 0 radical (unpaired) electrons. The molecular formula is C9H24N2Si. The van der Waals surface area contributed by atoms with Crippen LogP contribution in [0, 0.1) is 0 Å². The molecule has 0 atom stereocenters. The third-order valence-electron chi connectivity index (χ3n) is 2.32. The quantitative estimate of drug-likeness (QED) is 0.531. The summed E-state index contributed by atoms with van der Waals surface area (Å²) >= 11 is 0. The van der Waals surface area contributed by atoms with Gasteiger partial charge in [0.15, 0.2) is 0 Å². The Morgan fingerprint density at radius 2 is 1.58 bits per heavy atom. The summed E-state index contributed by atoms with van der Waals surface area (Å²) in [4.78, 5) is 2.53. The van der Waals surface area contributed by atoms with Crippen molar-refractivity contribution in [3.05, 3.63) is 0 Å². The fraction of sp³-hybridized carbons (Fsp3) is 1.00. The molecule has 0 amide bonds. The Morgan fingerprint density at radius 1 is 0.917 bits per heavy atom. The van der Waals surface area contributed by atoms with Crippen LogP contribution in [0.3, 0.4) is 0 Å². The Morgan fingerprint density at radius 3 is 2.00 bits per heavy atom. The van der Waals surface area contributed by atoms with Crippen LogP contribution in [-0.2, 0) is 0 Å². The van der Waals surface area contributed by atoms with E-state index in [1.165, 1.54) is 49.5 Å². The van der Waals surface area contributed by atoms with Crippen LogP contribution in [0.2, 0.25) is 0 Å². The van der Waals surface area contributed by atoms with Gasteiger partial charge >= 0.3 is 0 Å². The van der Waals surface area contributed by atoms with E-state index in [4.69, 9.17) is 0 Å². The van der Waals surface area contributed by atoms with Crippen molar-refractivity contribution in [1.29, 1.82) is 0 Å². The Labute approximate surface area is 80.4 Å². The summed E-state index contributed by atoms with van der Waals surface area (Å²) in [6.07, 6.45) is 1.28. The van der Waals surface area contributed by atoms with Gasteiger partial charge in [-0.2, -0.15) is 0 Å². The van der Waals surface area contributed by atoms with Crippen LogP contribution in [0.1, 0.15) is 27.2 Å². The molecule has 0 aliphatic carbocycles. The summed E-state index contributed by atoms with van der Waals surface area (Å²) in [7, 11) is 1.21. The largest absolute Gasteiger partial charge is 0.331 e. The van der Waals surface area contributed by atoms with Crippen molar-refractivity contribution in [3.63, 3.8) is 0 Å². The molecule has 0 saturated heterocycles. The molecule has 0 aliphatic rings. The molecule has 0 unspecified atom stereocenters. The van der Waals surface area contributed by atoms with Gasteiger partial charge < -0.3 is 9.47 Å². The van der Waals surface area contributed by atoms with E-state index >= 15 is 0 Å². The molecule has 0 rings (SSSR count). The van der Waals surface area contributed by atoms with E-state index in [0.717, 1.165) is 0 Å². The normalized spacial score (nSPS) is 11.8. The highest BCUT2D eigenvalue weighted by molar-refractivity contribution is 6.04. The van der Waals surface area contributed by atoms with Crippen molar-refractivity contribution in [3.8, 4) is 0 Å². The Kier molecular flexibility index (Phi) is 7.86. The highest BCUT2D eigenvalue weighted by Gasteiger charge is 2.01. The van der Waals surface area contributed by atoms with Gasteiger partial charge in [-0.1, -0.05) is 20.8 Å². The van der Waals surface area contributed by atoms with Crippen LogP contribution in [-0.4, -0.2) is 52.6 Å². The molecule has 0 aromatic carbocycles. The minimum atomic E-state index is 1.20. The van der Waals surface area contributed by atoms with Crippen LogP contribution in [0.4, 0.5) is 0 Å². The number of nitrogens with zero attached hydrogens (tertiary/aromatic N) is 2. The summed E-state index contributed by atoms with van der Waals surface area (Å²) in [5.74, 6) is 0. The van der Waals surface area contributed by atoms with Crippen molar-refractivity contribution in [2.45, 2.75) is 27.2 Å². The molecule has 0 fully saturated rings. The Hall–Kier alpha value is 0.137. The predicted octanol–water partition coefficient (Wildman–Crippen LogP) is 0.321. The molecular weight excluding hydrogens is 164 g/mol. The van der Waals surface area contributed by atoms with Crippen molar-refractivity contribution in [2.24, 2.45) is 0 Å². The van der Waals surface area contributed by atoms with E-state index in [9.17, 15) is 0 Å². The van der Waals surface area contributed by atoms with E-state index < -0.39 is 0 Å². The maximum absolute atomic E-state index is 2.53. The van der Waals surface area contributed by atoms with Gasteiger partial charge in [0.1, 0.15) is 0 Å². The lowest BCUT2D eigenvalue weighted by atomic mass is 10.4. The summed E-state index contributed by atoms with van der Waals surface area (Å²) in [6.45, 7) is 12.9. The van der Waals surface area contributed by atoms with E-state index in [1.807, 2.05) is 0 Å². The SMILES string of the molecule is CCCN(CC)CCN([SiH3])CC. The van der Waals surface area contributed by atoms with E-state index in [2.05, 4.69) is 30.2 Å². The zero-order valence-corrected chi connectivity index (χ0v) is 11.1. The smallest absolute Gasteiger partial charge is 0.0785 e. The molecule has 0 bridgehead atoms. The van der Waals surface area contributed by atoms with Crippen LogP contribution < -0.4 is 0 Å². The summed E-state index contributed by atoms with van der Waals surface area (Å²) in [5, 5.41) is 0. The second-order valence-corrected chi connectivity index (χ2v) is 4.60. The number of hydrogen-bond acceptors (Lipinski definition) is 2. The first-order valence-corrected chi connectivity index (χ1v) is 6.04. The van der Waals surface area contributed by atoms with Gasteiger partial charge in [-0.25, -0.2) is 0 Å². The lowest BCUT2D eigenvalue weighted by Crippen LogP contribution is -2.34. The van der Waals surface area contributed by atoms with E-state index in [-0.39, 0.29) is 0 Å². The molecule has 3 heteroatoms. The maximum Gasteiger partial charge on any atom is 0.0785 e. The standard InChI is InChI=1S/C9H24N2Si/c1-4-7-10(5-2)8-9-11(12)6-3/h4-9H2,1-3,12H3. The Balaban J connectivity index is 3.43. The third kappa shape index (κ3) is 5.74. The van der Waals surface area contributed by atoms with Crippen molar-refractivity contribution in [1.82, 2.24) is 9.47 Å². The first-order chi connectivity index (χ1) is 5.74. The van der Waals surface area contributed by atoms with Crippen molar-refractivity contribution in [2.75, 3.05) is 32.7 Å². The highest BCUT2D eigenvalue weighted by Crippen LogP contribution is 1.91. The summed E-state index contributed by atoms with van der Waals surface area (Å²) in [5.41, 5.74) is 0. The van der Waals surface area contributed by atoms with Crippen LogP contribution >= 0.6 is 0 Å². The molecule has 0 spiro atoms.